The molecule has 1 aromatic rings. The van der Waals surface area contributed by atoms with Gasteiger partial charge in [-0.3, -0.25) is 4.79 Å². The first kappa shape index (κ1) is 13.5. The van der Waals surface area contributed by atoms with Crippen LogP contribution in [0, 0.1) is 11.3 Å². The first-order valence-corrected chi connectivity index (χ1v) is 5.38. The lowest BCUT2D eigenvalue weighted by Crippen LogP contribution is -2.19. The van der Waals surface area contributed by atoms with E-state index >= 15 is 0 Å². The minimum absolute atomic E-state index is 0.0182. The summed E-state index contributed by atoms with van der Waals surface area (Å²) in [5, 5.41) is 8.43. The summed E-state index contributed by atoms with van der Waals surface area (Å²) in [6.45, 7) is 0. The lowest BCUT2D eigenvalue weighted by Gasteiger charge is -2.12. The fourth-order valence-corrected chi connectivity index (χ4v) is 1.41. The second-order valence-electron chi connectivity index (χ2n) is 2.93. The lowest BCUT2D eigenvalue weighted by molar-refractivity contribution is -0.274. The molecular formula is C10H5BrF3NO2. The summed E-state index contributed by atoms with van der Waals surface area (Å²) in [4.78, 5) is 11.3. The number of hydrogen-bond acceptors (Lipinski definition) is 3. The Kier molecular flexibility index (Phi) is 4.12. The van der Waals surface area contributed by atoms with Crippen molar-refractivity contribution in [2.24, 2.45) is 0 Å². The molecule has 0 amide bonds. The molecule has 0 bridgehead atoms. The smallest absolute Gasteiger partial charge is 0.405 e. The van der Waals surface area contributed by atoms with Crippen LogP contribution in [0.1, 0.15) is 15.9 Å². The number of nitriles is 1. The van der Waals surface area contributed by atoms with Crippen LogP contribution in [0.3, 0.4) is 0 Å². The number of rotatable bonds is 3. The normalized spacial score (nSPS) is 10.8. The first-order chi connectivity index (χ1) is 7.87. The Bertz CT molecular complexity index is 479. The lowest BCUT2D eigenvalue weighted by atomic mass is 10.1. The van der Waals surface area contributed by atoms with Crippen LogP contribution in [-0.2, 0) is 0 Å². The number of benzene rings is 1. The molecule has 0 N–H and O–H groups in total. The maximum Gasteiger partial charge on any atom is 0.573 e. The van der Waals surface area contributed by atoms with Crippen LogP contribution in [0.4, 0.5) is 13.2 Å². The van der Waals surface area contributed by atoms with Gasteiger partial charge in [-0.2, -0.15) is 5.26 Å². The Balaban J connectivity index is 3.22. The van der Waals surface area contributed by atoms with Gasteiger partial charge >= 0.3 is 6.36 Å². The molecule has 0 spiro atoms. The predicted molar refractivity (Wildman–Crippen MR) is 56.0 cm³/mol. The molecule has 0 atom stereocenters. The molecule has 0 fully saturated rings. The fraction of sp³-hybridized carbons (Fsp3) is 0.200. The Morgan fingerprint density at radius 1 is 1.47 bits per heavy atom. The molecule has 0 unspecified atom stereocenters. The van der Waals surface area contributed by atoms with Crippen LogP contribution >= 0.6 is 15.9 Å². The largest absolute Gasteiger partial charge is 0.573 e. The topological polar surface area (TPSA) is 50.1 Å². The molecule has 0 radical (unpaired) electrons. The summed E-state index contributed by atoms with van der Waals surface area (Å²) in [5.41, 5.74) is -0.242. The van der Waals surface area contributed by atoms with Crippen LogP contribution in [0.15, 0.2) is 18.2 Å². The van der Waals surface area contributed by atoms with Gasteiger partial charge in [-0.15, -0.1) is 13.2 Å². The highest BCUT2D eigenvalue weighted by Gasteiger charge is 2.33. The standard InChI is InChI=1S/C10H5BrF3NO2/c11-4-8(16)7-2-1-6(5-15)3-9(7)17-10(12,13)14/h1-3H,4H2. The van der Waals surface area contributed by atoms with E-state index in [9.17, 15) is 18.0 Å². The molecule has 3 nitrogen and oxygen atoms in total. The number of carbonyl (C=O) groups excluding carboxylic acids is 1. The van der Waals surface area contributed by atoms with Crippen molar-refractivity contribution < 1.29 is 22.7 Å². The quantitative estimate of drug-likeness (QED) is 0.637. The van der Waals surface area contributed by atoms with Crippen LogP contribution in [0.5, 0.6) is 5.75 Å². The summed E-state index contributed by atoms with van der Waals surface area (Å²) >= 11 is 2.85. The molecule has 0 saturated carbocycles. The van der Waals surface area contributed by atoms with Crippen molar-refractivity contribution in [3.05, 3.63) is 29.3 Å². The van der Waals surface area contributed by atoms with Crippen LogP contribution in [0.25, 0.3) is 0 Å². The number of alkyl halides is 4. The first-order valence-electron chi connectivity index (χ1n) is 4.26. The minimum atomic E-state index is -4.91. The van der Waals surface area contributed by atoms with E-state index in [1.54, 1.807) is 6.07 Å². The Morgan fingerprint density at radius 3 is 2.59 bits per heavy atom. The summed E-state index contributed by atoms with van der Waals surface area (Å²) in [6, 6.07) is 4.92. The average Bonchev–Trinajstić information content (AvgIpc) is 2.25. The molecule has 1 aromatic carbocycles. The van der Waals surface area contributed by atoms with Crippen molar-refractivity contribution in [3.63, 3.8) is 0 Å². The number of ketones is 1. The summed E-state index contributed by atoms with van der Waals surface area (Å²) < 4.78 is 40.0. The van der Waals surface area contributed by atoms with Crippen molar-refractivity contribution in [3.8, 4) is 11.8 Å². The molecule has 90 valence electrons. The number of halogens is 4. The predicted octanol–water partition coefficient (Wildman–Crippen LogP) is 3.03. The average molecular weight is 308 g/mol. The molecule has 0 aliphatic carbocycles. The van der Waals surface area contributed by atoms with E-state index in [-0.39, 0.29) is 16.5 Å². The Labute approximate surface area is 103 Å². The van der Waals surface area contributed by atoms with E-state index in [0.717, 1.165) is 12.1 Å². The number of hydrogen-bond donors (Lipinski definition) is 0. The van der Waals surface area contributed by atoms with Gasteiger partial charge in [0, 0.05) is 0 Å². The molecule has 7 heteroatoms. The monoisotopic (exact) mass is 307 g/mol. The molecule has 0 aromatic heterocycles. The maximum atomic E-state index is 12.1. The molecule has 17 heavy (non-hydrogen) atoms. The second-order valence-corrected chi connectivity index (χ2v) is 3.49. The summed E-state index contributed by atoms with van der Waals surface area (Å²) in [7, 11) is 0. The van der Waals surface area contributed by atoms with Gasteiger partial charge in [0.25, 0.3) is 0 Å². The molecule has 0 heterocycles. The van der Waals surface area contributed by atoms with Gasteiger partial charge in [0.2, 0.25) is 0 Å². The van der Waals surface area contributed by atoms with E-state index in [4.69, 9.17) is 5.26 Å². The zero-order valence-corrected chi connectivity index (χ0v) is 9.80. The van der Waals surface area contributed by atoms with Gasteiger partial charge in [0.15, 0.2) is 5.78 Å². The van der Waals surface area contributed by atoms with E-state index in [0.29, 0.717) is 0 Å². The van der Waals surface area contributed by atoms with Gasteiger partial charge in [0.1, 0.15) is 5.75 Å². The molecule has 1 rings (SSSR count). The maximum absolute atomic E-state index is 12.1. The van der Waals surface area contributed by atoms with Crippen LogP contribution < -0.4 is 4.74 Å². The Morgan fingerprint density at radius 2 is 2.12 bits per heavy atom. The zero-order chi connectivity index (χ0) is 13.1. The number of Topliss-reactive ketones (excluding diaryl/α,β-unsaturated/α-hetero) is 1. The van der Waals surface area contributed by atoms with E-state index in [1.807, 2.05) is 0 Å². The van der Waals surface area contributed by atoms with Crippen molar-refractivity contribution in [1.29, 1.82) is 5.26 Å². The van der Waals surface area contributed by atoms with Crippen molar-refractivity contribution >= 4 is 21.7 Å². The zero-order valence-electron chi connectivity index (χ0n) is 8.21. The SMILES string of the molecule is N#Cc1ccc(C(=O)CBr)c(OC(F)(F)F)c1. The van der Waals surface area contributed by atoms with Gasteiger partial charge in [0.05, 0.1) is 22.5 Å². The van der Waals surface area contributed by atoms with Gasteiger partial charge < -0.3 is 4.74 Å². The number of carbonyl (C=O) groups is 1. The van der Waals surface area contributed by atoms with E-state index in [1.165, 1.54) is 6.07 Å². The molecule has 0 saturated heterocycles. The second kappa shape index (κ2) is 5.19. The van der Waals surface area contributed by atoms with Crippen molar-refractivity contribution in [1.82, 2.24) is 0 Å². The third kappa shape index (κ3) is 3.75. The van der Waals surface area contributed by atoms with Gasteiger partial charge in [-0.1, -0.05) is 15.9 Å². The highest BCUT2D eigenvalue weighted by Crippen LogP contribution is 2.28. The van der Waals surface area contributed by atoms with Crippen LogP contribution in [-0.4, -0.2) is 17.5 Å². The fourth-order valence-electron chi connectivity index (χ4n) is 1.10. The van der Waals surface area contributed by atoms with E-state index in [2.05, 4.69) is 20.7 Å². The highest BCUT2D eigenvalue weighted by atomic mass is 79.9. The highest BCUT2D eigenvalue weighted by molar-refractivity contribution is 9.09. The third-order valence-corrected chi connectivity index (χ3v) is 2.27. The minimum Gasteiger partial charge on any atom is -0.405 e. The van der Waals surface area contributed by atoms with Gasteiger partial charge in [-0.25, -0.2) is 0 Å². The third-order valence-electron chi connectivity index (χ3n) is 1.76. The summed E-state index contributed by atoms with van der Waals surface area (Å²) in [6.07, 6.45) is -4.91. The molecular weight excluding hydrogens is 303 g/mol. The van der Waals surface area contributed by atoms with Crippen molar-refractivity contribution in [2.75, 3.05) is 5.33 Å². The summed E-state index contributed by atoms with van der Waals surface area (Å²) in [5.74, 6) is -1.23. The Hall–Kier alpha value is -1.55. The van der Waals surface area contributed by atoms with Crippen molar-refractivity contribution in [2.45, 2.75) is 6.36 Å². The van der Waals surface area contributed by atoms with E-state index < -0.39 is 17.9 Å². The molecule has 0 aliphatic rings. The van der Waals surface area contributed by atoms with Crippen LogP contribution in [0.2, 0.25) is 0 Å². The number of nitrogens with zero attached hydrogens (tertiary/aromatic N) is 1. The molecule has 0 aliphatic heterocycles. The number of ether oxygens (including phenoxy) is 1. The van der Waals surface area contributed by atoms with Gasteiger partial charge in [-0.05, 0) is 18.2 Å².